The third-order valence-electron chi connectivity index (χ3n) is 3.03. The van der Waals surface area contributed by atoms with Crippen molar-refractivity contribution in [2.45, 2.75) is 37.4 Å². The third kappa shape index (κ3) is 3.26. The Bertz CT molecular complexity index is 595. The topological polar surface area (TPSA) is 30.7 Å². The summed E-state index contributed by atoms with van der Waals surface area (Å²) in [4.78, 5) is 9.11. The van der Waals surface area contributed by atoms with Crippen molar-refractivity contribution in [1.82, 2.24) is 14.5 Å². The van der Waals surface area contributed by atoms with Gasteiger partial charge in [-0.2, -0.15) is 11.8 Å². The molecule has 6 heteroatoms. The van der Waals surface area contributed by atoms with Crippen LogP contribution in [0.15, 0.2) is 16.7 Å². The number of aromatic nitrogens is 3. The Morgan fingerprint density at radius 1 is 1.53 bits per heavy atom. The van der Waals surface area contributed by atoms with Crippen LogP contribution in [-0.2, 0) is 6.54 Å². The molecule has 1 unspecified atom stereocenters. The number of rotatable bonds is 4. The quantitative estimate of drug-likeness (QED) is 0.743. The number of thioether (sulfide) groups is 1. The van der Waals surface area contributed by atoms with E-state index in [0.717, 1.165) is 28.0 Å². The molecule has 0 amide bonds. The normalized spacial score (nSPS) is 14.0. The summed E-state index contributed by atoms with van der Waals surface area (Å²) in [5, 5.41) is -0.134. The summed E-state index contributed by atoms with van der Waals surface area (Å²) in [5.41, 5.74) is 1.78. The zero-order valence-corrected chi connectivity index (χ0v) is 14.6. The van der Waals surface area contributed by atoms with Gasteiger partial charge < -0.3 is 4.57 Å². The van der Waals surface area contributed by atoms with Gasteiger partial charge in [0, 0.05) is 22.0 Å². The Kier molecular flexibility index (Phi) is 4.48. The predicted molar refractivity (Wildman–Crippen MR) is 87.1 cm³/mol. The number of alkyl halides is 1. The van der Waals surface area contributed by atoms with Crippen LogP contribution in [0.1, 0.15) is 32.0 Å². The van der Waals surface area contributed by atoms with E-state index in [0.29, 0.717) is 0 Å². The lowest BCUT2D eigenvalue weighted by Gasteiger charge is -2.24. The van der Waals surface area contributed by atoms with Crippen molar-refractivity contribution in [1.29, 1.82) is 0 Å². The first-order valence-corrected chi connectivity index (χ1v) is 8.50. The number of fused-ring (bicyclic) bond motifs is 1. The van der Waals surface area contributed by atoms with E-state index in [2.05, 4.69) is 50.6 Å². The third-order valence-corrected chi connectivity index (χ3v) is 4.89. The number of pyridine rings is 1. The highest BCUT2D eigenvalue weighted by molar-refractivity contribution is 9.10. The summed E-state index contributed by atoms with van der Waals surface area (Å²) in [6.07, 6.45) is 3.92. The van der Waals surface area contributed by atoms with E-state index in [9.17, 15) is 0 Å². The van der Waals surface area contributed by atoms with Crippen LogP contribution >= 0.6 is 39.3 Å². The Morgan fingerprint density at radius 2 is 2.21 bits per heavy atom. The molecule has 0 fully saturated rings. The van der Waals surface area contributed by atoms with Gasteiger partial charge in [0.05, 0.1) is 5.38 Å². The lowest BCUT2D eigenvalue weighted by molar-refractivity contribution is 0.556. The van der Waals surface area contributed by atoms with Gasteiger partial charge in [0.2, 0.25) is 0 Å². The number of imidazole rings is 1. The average Bonchev–Trinajstić information content (AvgIpc) is 2.67. The Labute approximate surface area is 131 Å². The molecule has 104 valence electrons. The minimum atomic E-state index is -0.134. The molecule has 3 nitrogen and oxygen atoms in total. The lowest BCUT2D eigenvalue weighted by Crippen LogP contribution is -2.24. The Hall–Kier alpha value is -0.260. The van der Waals surface area contributed by atoms with Crippen LogP contribution in [0.25, 0.3) is 11.2 Å². The number of nitrogens with zero attached hydrogens (tertiary/aromatic N) is 3. The number of halogens is 2. The predicted octanol–water partition coefficient (Wildman–Crippen LogP) is 4.64. The first kappa shape index (κ1) is 15.1. The summed E-state index contributed by atoms with van der Waals surface area (Å²) in [6.45, 7) is 7.21. The van der Waals surface area contributed by atoms with E-state index in [1.165, 1.54) is 0 Å². The highest BCUT2D eigenvalue weighted by atomic mass is 79.9. The van der Waals surface area contributed by atoms with Crippen LogP contribution in [0.2, 0.25) is 0 Å². The minimum absolute atomic E-state index is 0.114. The molecule has 0 spiro atoms. The lowest BCUT2D eigenvalue weighted by atomic mass is 10.2. The summed E-state index contributed by atoms with van der Waals surface area (Å²) in [7, 11) is 0. The maximum Gasteiger partial charge on any atom is 0.160 e. The van der Waals surface area contributed by atoms with E-state index in [-0.39, 0.29) is 10.1 Å². The van der Waals surface area contributed by atoms with Crippen molar-refractivity contribution in [3.8, 4) is 0 Å². The molecule has 0 aliphatic heterocycles. The van der Waals surface area contributed by atoms with E-state index in [1.807, 2.05) is 24.8 Å². The van der Waals surface area contributed by atoms with Crippen LogP contribution in [0.5, 0.6) is 0 Å². The molecule has 2 aromatic rings. The zero-order chi connectivity index (χ0) is 14.2. The molecule has 1 atom stereocenters. The van der Waals surface area contributed by atoms with Crippen LogP contribution < -0.4 is 0 Å². The monoisotopic (exact) mass is 361 g/mol. The second kappa shape index (κ2) is 5.62. The van der Waals surface area contributed by atoms with Gasteiger partial charge in [-0.05, 0) is 49.0 Å². The first-order valence-electron chi connectivity index (χ1n) is 6.05. The van der Waals surface area contributed by atoms with Gasteiger partial charge in [-0.3, -0.25) is 0 Å². The molecule has 0 aromatic carbocycles. The van der Waals surface area contributed by atoms with Crippen molar-refractivity contribution in [3.05, 3.63) is 22.6 Å². The molecule has 0 aliphatic carbocycles. The fraction of sp³-hybridized carbons (Fsp3) is 0.538. The van der Waals surface area contributed by atoms with Gasteiger partial charge >= 0.3 is 0 Å². The fourth-order valence-electron chi connectivity index (χ4n) is 1.91. The van der Waals surface area contributed by atoms with Gasteiger partial charge in [0.25, 0.3) is 0 Å². The zero-order valence-electron chi connectivity index (χ0n) is 11.4. The molecular formula is C13H17BrClN3S. The van der Waals surface area contributed by atoms with Crippen LogP contribution in [-0.4, -0.2) is 25.5 Å². The number of hydrogen-bond acceptors (Lipinski definition) is 3. The fourth-order valence-corrected chi connectivity index (χ4v) is 2.65. The largest absolute Gasteiger partial charge is 0.310 e. The molecule has 0 saturated heterocycles. The Balaban J connectivity index is 2.59. The molecule has 2 aromatic heterocycles. The van der Waals surface area contributed by atoms with Gasteiger partial charge in [-0.25, -0.2) is 9.97 Å². The number of hydrogen-bond donors (Lipinski definition) is 0. The Morgan fingerprint density at radius 3 is 2.79 bits per heavy atom. The van der Waals surface area contributed by atoms with Crippen molar-refractivity contribution in [3.63, 3.8) is 0 Å². The smallest absolute Gasteiger partial charge is 0.160 e. The van der Waals surface area contributed by atoms with Crippen molar-refractivity contribution in [2.24, 2.45) is 0 Å². The molecule has 0 N–H and O–H groups in total. The molecule has 0 saturated carbocycles. The minimum Gasteiger partial charge on any atom is -0.310 e. The molecule has 2 rings (SSSR count). The molecule has 2 heterocycles. The highest BCUT2D eigenvalue weighted by Crippen LogP contribution is 2.30. The van der Waals surface area contributed by atoms with Crippen LogP contribution in [0, 0.1) is 0 Å². The van der Waals surface area contributed by atoms with Crippen molar-refractivity contribution < 1.29 is 0 Å². The van der Waals surface area contributed by atoms with Gasteiger partial charge in [0.1, 0.15) is 11.3 Å². The highest BCUT2D eigenvalue weighted by Gasteiger charge is 2.23. The van der Waals surface area contributed by atoms with E-state index < -0.39 is 0 Å². The SMILES string of the molecule is CSC(C)(C)Cn1c(C(C)Cl)nc2cc(Br)cnc21. The van der Waals surface area contributed by atoms with E-state index >= 15 is 0 Å². The van der Waals surface area contributed by atoms with Gasteiger partial charge in [-0.15, -0.1) is 11.6 Å². The molecule has 0 aliphatic rings. The standard InChI is InChI=1S/C13H17BrClN3S/c1-8(15)11-17-10-5-9(14)6-16-12(10)18(11)7-13(2,3)19-4/h5-6,8H,7H2,1-4H3. The summed E-state index contributed by atoms with van der Waals surface area (Å²) in [5.74, 6) is 0.879. The molecule has 0 radical (unpaired) electrons. The van der Waals surface area contributed by atoms with E-state index in [4.69, 9.17) is 11.6 Å². The van der Waals surface area contributed by atoms with Gasteiger partial charge in [-0.1, -0.05) is 0 Å². The summed E-state index contributed by atoms with van der Waals surface area (Å²) < 4.78 is 3.18. The van der Waals surface area contributed by atoms with E-state index in [1.54, 1.807) is 6.20 Å². The van der Waals surface area contributed by atoms with Gasteiger partial charge in [0.15, 0.2) is 5.65 Å². The average molecular weight is 363 g/mol. The van der Waals surface area contributed by atoms with Crippen LogP contribution in [0.3, 0.4) is 0 Å². The van der Waals surface area contributed by atoms with Crippen molar-refractivity contribution >= 4 is 50.5 Å². The second-order valence-corrected chi connectivity index (χ2v) is 8.22. The molecular weight excluding hydrogens is 346 g/mol. The maximum atomic E-state index is 6.26. The first-order chi connectivity index (χ1) is 8.84. The van der Waals surface area contributed by atoms with Crippen LogP contribution in [0.4, 0.5) is 0 Å². The second-order valence-electron chi connectivity index (χ2n) is 5.13. The summed E-state index contributed by atoms with van der Waals surface area (Å²) in [6, 6.07) is 1.98. The molecule has 19 heavy (non-hydrogen) atoms. The molecule has 0 bridgehead atoms. The van der Waals surface area contributed by atoms with Crippen molar-refractivity contribution in [2.75, 3.05) is 6.26 Å². The summed E-state index contributed by atoms with van der Waals surface area (Å²) >= 11 is 11.5. The maximum absolute atomic E-state index is 6.26.